The van der Waals surface area contributed by atoms with Crippen LogP contribution >= 0.6 is 0 Å². The highest BCUT2D eigenvalue weighted by Gasteiger charge is 2.22. The Morgan fingerprint density at radius 3 is 2.48 bits per heavy atom. The van der Waals surface area contributed by atoms with Gasteiger partial charge in [-0.3, -0.25) is 0 Å². The van der Waals surface area contributed by atoms with Crippen LogP contribution in [0.2, 0.25) is 0 Å². The molecular weight excluding hydrogens is 262 g/mol. The first kappa shape index (κ1) is 17.3. The fourth-order valence-electron chi connectivity index (χ4n) is 2.27. The minimum atomic E-state index is -0.240. The van der Waals surface area contributed by atoms with Crippen LogP contribution in [0.1, 0.15) is 52.0 Å². The normalized spacial score (nSPS) is 12.4. The van der Waals surface area contributed by atoms with Crippen molar-refractivity contribution in [2.75, 3.05) is 11.9 Å². The molecule has 1 aromatic carbocycles. The number of hydrogen-bond donors (Lipinski definition) is 3. The molecule has 0 unspecified atom stereocenters. The van der Waals surface area contributed by atoms with Crippen molar-refractivity contribution in [1.82, 2.24) is 0 Å². The van der Waals surface area contributed by atoms with Gasteiger partial charge in [0, 0.05) is 17.6 Å². The summed E-state index contributed by atoms with van der Waals surface area (Å²) < 4.78 is 0. The second kappa shape index (κ2) is 8.55. The molecule has 0 fully saturated rings. The molecule has 0 amide bonds. The molecule has 0 heterocycles. The Balaban J connectivity index is 2.25. The molecule has 0 aliphatic carbocycles. The SMILES string of the molecule is CCCc1ccc(NCCCCC(C)(C)/C(N)=N/O)cc1. The highest BCUT2D eigenvalue weighted by atomic mass is 16.4. The van der Waals surface area contributed by atoms with Crippen molar-refractivity contribution in [2.45, 2.75) is 52.9 Å². The van der Waals surface area contributed by atoms with Crippen LogP contribution in [0.15, 0.2) is 29.4 Å². The molecule has 0 bridgehead atoms. The lowest BCUT2D eigenvalue weighted by molar-refractivity contribution is 0.304. The maximum absolute atomic E-state index is 8.73. The third-order valence-corrected chi connectivity index (χ3v) is 3.85. The van der Waals surface area contributed by atoms with E-state index < -0.39 is 0 Å². The summed E-state index contributed by atoms with van der Waals surface area (Å²) in [5.41, 5.74) is 8.00. The lowest BCUT2D eigenvalue weighted by Crippen LogP contribution is -2.31. The topological polar surface area (TPSA) is 70.6 Å². The van der Waals surface area contributed by atoms with E-state index in [1.807, 2.05) is 13.8 Å². The summed E-state index contributed by atoms with van der Waals surface area (Å²) in [6, 6.07) is 8.66. The van der Waals surface area contributed by atoms with E-state index in [2.05, 4.69) is 41.7 Å². The summed E-state index contributed by atoms with van der Waals surface area (Å²) in [6.07, 6.45) is 5.36. The first-order chi connectivity index (χ1) is 9.99. The first-order valence-electron chi connectivity index (χ1n) is 7.80. The van der Waals surface area contributed by atoms with Crippen molar-refractivity contribution in [1.29, 1.82) is 0 Å². The fraction of sp³-hybridized carbons (Fsp3) is 0.588. The van der Waals surface area contributed by atoms with Crippen molar-refractivity contribution in [3.8, 4) is 0 Å². The van der Waals surface area contributed by atoms with Crippen LogP contribution in [0.4, 0.5) is 5.69 Å². The molecule has 4 nitrogen and oxygen atoms in total. The summed E-state index contributed by atoms with van der Waals surface area (Å²) in [5, 5.41) is 15.3. The number of nitrogens with zero attached hydrogens (tertiary/aromatic N) is 1. The molecule has 0 aliphatic rings. The van der Waals surface area contributed by atoms with Crippen LogP contribution in [0, 0.1) is 5.41 Å². The van der Waals surface area contributed by atoms with Gasteiger partial charge in [-0.2, -0.15) is 0 Å². The molecule has 1 rings (SSSR count). The highest BCUT2D eigenvalue weighted by molar-refractivity contribution is 5.85. The second-order valence-electron chi connectivity index (χ2n) is 6.20. The molecule has 21 heavy (non-hydrogen) atoms. The van der Waals surface area contributed by atoms with E-state index in [9.17, 15) is 0 Å². The van der Waals surface area contributed by atoms with Crippen LogP contribution < -0.4 is 11.1 Å². The Hall–Kier alpha value is -1.71. The average molecular weight is 291 g/mol. The zero-order chi connectivity index (χ0) is 15.7. The smallest absolute Gasteiger partial charge is 0.144 e. The van der Waals surface area contributed by atoms with Gasteiger partial charge in [0.15, 0.2) is 0 Å². The standard InChI is InChI=1S/C17H29N3O/c1-4-7-14-8-10-15(11-9-14)19-13-6-5-12-17(2,3)16(18)20-21/h8-11,19,21H,4-7,12-13H2,1-3H3,(H2,18,20). The molecule has 118 valence electrons. The molecule has 0 aliphatic heterocycles. The molecule has 0 spiro atoms. The third-order valence-electron chi connectivity index (χ3n) is 3.85. The van der Waals surface area contributed by atoms with Gasteiger partial charge in [0.1, 0.15) is 5.84 Å². The number of unbranched alkanes of at least 4 members (excludes halogenated alkanes) is 1. The fourth-order valence-corrected chi connectivity index (χ4v) is 2.27. The molecule has 0 aromatic heterocycles. The average Bonchev–Trinajstić information content (AvgIpc) is 2.48. The second-order valence-corrected chi connectivity index (χ2v) is 6.20. The first-order valence-corrected chi connectivity index (χ1v) is 7.80. The summed E-state index contributed by atoms with van der Waals surface area (Å²) >= 11 is 0. The zero-order valence-electron chi connectivity index (χ0n) is 13.5. The Bertz CT molecular complexity index is 438. The van der Waals surface area contributed by atoms with E-state index in [4.69, 9.17) is 10.9 Å². The summed E-state index contributed by atoms with van der Waals surface area (Å²) in [4.78, 5) is 0. The Morgan fingerprint density at radius 2 is 1.90 bits per heavy atom. The number of nitrogens with one attached hydrogen (secondary N) is 1. The van der Waals surface area contributed by atoms with Gasteiger partial charge in [-0.1, -0.05) is 50.9 Å². The molecule has 0 saturated carbocycles. The van der Waals surface area contributed by atoms with Crippen LogP contribution in [0.5, 0.6) is 0 Å². The Morgan fingerprint density at radius 1 is 1.24 bits per heavy atom. The van der Waals surface area contributed by atoms with Crippen molar-refractivity contribution in [3.63, 3.8) is 0 Å². The van der Waals surface area contributed by atoms with Gasteiger partial charge < -0.3 is 16.3 Å². The van der Waals surface area contributed by atoms with Gasteiger partial charge in [0.05, 0.1) is 0 Å². The van der Waals surface area contributed by atoms with Gasteiger partial charge in [-0.25, -0.2) is 0 Å². The predicted molar refractivity (Wildman–Crippen MR) is 90.0 cm³/mol. The quantitative estimate of drug-likeness (QED) is 0.212. The minimum Gasteiger partial charge on any atom is -0.409 e. The van der Waals surface area contributed by atoms with E-state index in [0.717, 1.165) is 32.2 Å². The van der Waals surface area contributed by atoms with Gasteiger partial charge in [-0.15, -0.1) is 0 Å². The number of rotatable bonds is 9. The van der Waals surface area contributed by atoms with Crippen molar-refractivity contribution >= 4 is 11.5 Å². The summed E-state index contributed by atoms with van der Waals surface area (Å²) in [5.74, 6) is 0.307. The molecule has 0 atom stereocenters. The molecule has 4 N–H and O–H groups in total. The Kier molecular flexibility index (Phi) is 7.06. The third kappa shape index (κ3) is 6.06. The highest BCUT2D eigenvalue weighted by Crippen LogP contribution is 2.23. The predicted octanol–water partition coefficient (Wildman–Crippen LogP) is 3.99. The van der Waals surface area contributed by atoms with Crippen LogP contribution in [0.3, 0.4) is 0 Å². The number of benzene rings is 1. The van der Waals surface area contributed by atoms with Crippen LogP contribution in [-0.4, -0.2) is 17.6 Å². The number of nitrogens with two attached hydrogens (primary N) is 1. The van der Waals surface area contributed by atoms with E-state index in [0.29, 0.717) is 5.84 Å². The number of aryl methyl sites for hydroxylation is 1. The van der Waals surface area contributed by atoms with Crippen molar-refractivity contribution < 1.29 is 5.21 Å². The summed E-state index contributed by atoms with van der Waals surface area (Å²) in [7, 11) is 0. The number of hydrogen-bond acceptors (Lipinski definition) is 3. The lowest BCUT2D eigenvalue weighted by atomic mass is 9.86. The lowest BCUT2D eigenvalue weighted by Gasteiger charge is -2.22. The van der Waals surface area contributed by atoms with Crippen molar-refractivity contribution in [3.05, 3.63) is 29.8 Å². The number of amidine groups is 1. The van der Waals surface area contributed by atoms with E-state index in [1.165, 1.54) is 17.7 Å². The molecule has 4 heteroatoms. The van der Waals surface area contributed by atoms with Gasteiger partial charge in [-0.05, 0) is 37.0 Å². The molecular formula is C17H29N3O. The van der Waals surface area contributed by atoms with E-state index in [-0.39, 0.29) is 5.41 Å². The van der Waals surface area contributed by atoms with E-state index >= 15 is 0 Å². The van der Waals surface area contributed by atoms with Crippen LogP contribution in [-0.2, 0) is 6.42 Å². The zero-order valence-corrected chi connectivity index (χ0v) is 13.5. The summed E-state index contributed by atoms with van der Waals surface area (Å²) in [6.45, 7) is 7.14. The van der Waals surface area contributed by atoms with Gasteiger partial charge in [0.2, 0.25) is 0 Å². The van der Waals surface area contributed by atoms with Gasteiger partial charge in [0.25, 0.3) is 0 Å². The minimum absolute atomic E-state index is 0.240. The molecule has 0 radical (unpaired) electrons. The maximum Gasteiger partial charge on any atom is 0.144 e. The Labute approximate surface area is 128 Å². The molecule has 0 saturated heterocycles. The van der Waals surface area contributed by atoms with E-state index in [1.54, 1.807) is 0 Å². The van der Waals surface area contributed by atoms with Gasteiger partial charge >= 0.3 is 0 Å². The maximum atomic E-state index is 8.73. The van der Waals surface area contributed by atoms with Crippen molar-refractivity contribution in [2.24, 2.45) is 16.3 Å². The van der Waals surface area contributed by atoms with Crippen LogP contribution in [0.25, 0.3) is 0 Å². The molecule has 1 aromatic rings. The largest absolute Gasteiger partial charge is 0.409 e. The number of oxime groups is 1. The monoisotopic (exact) mass is 291 g/mol. The number of anilines is 1.